The molecule has 2 aromatic heterocycles. The Labute approximate surface area is 159 Å². The van der Waals surface area contributed by atoms with Crippen molar-refractivity contribution in [3.8, 4) is 0 Å². The first-order valence-electron chi connectivity index (χ1n) is 8.23. The molecule has 0 saturated carbocycles. The average Bonchev–Trinajstić information content (AvgIpc) is 2.59. The van der Waals surface area contributed by atoms with Crippen LogP contribution >= 0.6 is 0 Å². The number of benzene rings is 1. The maximum absolute atomic E-state index is 13.0. The second-order valence-corrected chi connectivity index (χ2v) is 8.38. The SMILES string of the molecule is Cc1nc(N[C@H](C)c2cccc(C(F)(F)F)c2)c2cc(S(C)(=O)=O)ncc2n1. The van der Waals surface area contributed by atoms with Gasteiger partial charge in [-0.15, -0.1) is 0 Å². The van der Waals surface area contributed by atoms with Gasteiger partial charge in [0.25, 0.3) is 0 Å². The Hall–Kier alpha value is -2.75. The molecule has 3 rings (SSSR count). The molecule has 0 aliphatic heterocycles. The van der Waals surface area contributed by atoms with Gasteiger partial charge in [0.05, 0.1) is 17.3 Å². The Morgan fingerprint density at radius 3 is 2.50 bits per heavy atom. The average molecular weight is 410 g/mol. The van der Waals surface area contributed by atoms with Crippen molar-refractivity contribution < 1.29 is 21.6 Å². The highest BCUT2D eigenvalue weighted by Crippen LogP contribution is 2.32. The first-order chi connectivity index (χ1) is 12.9. The summed E-state index contributed by atoms with van der Waals surface area (Å²) in [7, 11) is -3.54. The zero-order chi connectivity index (χ0) is 20.7. The molecule has 2 heterocycles. The van der Waals surface area contributed by atoms with Gasteiger partial charge in [-0.25, -0.2) is 23.4 Å². The van der Waals surface area contributed by atoms with Crippen molar-refractivity contribution in [2.75, 3.05) is 11.6 Å². The molecule has 10 heteroatoms. The fraction of sp³-hybridized carbons (Fsp3) is 0.278. The second kappa shape index (κ2) is 7.01. The number of hydrogen-bond acceptors (Lipinski definition) is 6. The Bertz CT molecular complexity index is 1150. The summed E-state index contributed by atoms with van der Waals surface area (Å²) in [5, 5.41) is 3.34. The normalized spacial score (nSPS) is 13.5. The number of anilines is 1. The Morgan fingerprint density at radius 2 is 1.86 bits per heavy atom. The van der Waals surface area contributed by atoms with Gasteiger partial charge in [0, 0.05) is 17.7 Å². The summed E-state index contributed by atoms with van der Waals surface area (Å²) in [6, 6.07) is 5.82. The first kappa shape index (κ1) is 20.0. The predicted molar refractivity (Wildman–Crippen MR) is 98.7 cm³/mol. The van der Waals surface area contributed by atoms with Crippen LogP contribution < -0.4 is 5.32 Å². The molecule has 0 radical (unpaired) electrons. The van der Waals surface area contributed by atoms with Crippen LogP contribution in [0.25, 0.3) is 10.9 Å². The van der Waals surface area contributed by atoms with E-state index in [9.17, 15) is 21.6 Å². The number of nitrogens with one attached hydrogen (secondary N) is 1. The van der Waals surface area contributed by atoms with E-state index in [-0.39, 0.29) is 5.03 Å². The van der Waals surface area contributed by atoms with E-state index in [0.717, 1.165) is 18.4 Å². The molecule has 0 bridgehead atoms. The minimum Gasteiger partial charge on any atom is -0.363 e. The molecule has 3 aromatic rings. The smallest absolute Gasteiger partial charge is 0.363 e. The van der Waals surface area contributed by atoms with Gasteiger partial charge in [-0.05, 0) is 37.6 Å². The van der Waals surface area contributed by atoms with E-state index in [4.69, 9.17) is 0 Å². The number of fused-ring (bicyclic) bond motifs is 1. The van der Waals surface area contributed by atoms with Crippen LogP contribution in [0.15, 0.2) is 41.6 Å². The quantitative estimate of drug-likeness (QED) is 0.702. The largest absolute Gasteiger partial charge is 0.416 e. The summed E-state index contributed by atoms with van der Waals surface area (Å²) in [5.41, 5.74) is 0.0983. The van der Waals surface area contributed by atoms with E-state index >= 15 is 0 Å². The Kier molecular flexibility index (Phi) is 5.00. The third-order valence-corrected chi connectivity index (χ3v) is 5.10. The van der Waals surface area contributed by atoms with Crippen molar-refractivity contribution in [2.24, 2.45) is 0 Å². The maximum atomic E-state index is 13.0. The molecule has 0 unspecified atom stereocenters. The predicted octanol–water partition coefficient (Wildman–Crippen LogP) is 3.93. The van der Waals surface area contributed by atoms with E-state index < -0.39 is 27.6 Å². The van der Waals surface area contributed by atoms with Crippen LogP contribution in [0.4, 0.5) is 19.0 Å². The molecule has 28 heavy (non-hydrogen) atoms. The lowest BCUT2D eigenvalue weighted by atomic mass is 10.0. The zero-order valence-corrected chi connectivity index (χ0v) is 16.1. The van der Waals surface area contributed by atoms with Crippen molar-refractivity contribution in [2.45, 2.75) is 31.1 Å². The number of pyridine rings is 1. The number of alkyl halides is 3. The van der Waals surface area contributed by atoms with Crippen LogP contribution in [0, 0.1) is 6.92 Å². The summed E-state index contributed by atoms with van der Waals surface area (Å²) in [4.78, 5) is 12.4. The molecule has 1 N–H and O–H groups in total. The molecule has 0 fully saturated rings. The van der Waals surface area contributed by atoms with Gasteiger partial charge in [0.1, 0.15) is 11.6 Å². The lowest BCUT2D eigenvalue weighted by Gasteiger charge is -2.18. The summed E-state index contributed by atoms with van der Waals surface area (Å²) in [6.07, 6.45) is -2.07. The molecule has 1 aromatic carbocycles. The number of aromatic nitrogens is 3. The highest BCUT2D eigenvalue weighted by atomic mass is 32.2. The lowest BCUT2D eigenvalue weighted by Crippen LogP contribution is -2.12. The van der Waals surface area contributed by atoms with Crippen molar-refractivity contribution >= 4 is 26.6 Å². The third-order valence-electron chi connectivity index (χ3n) is 4.12. The molecule has 0 amide bonds. The van der Waals surface area contributed by atoms with Gasteiger partial charge in [-0.2, -0.15) is 13.2 Å². The van der Waals surface area contributed by atoms with Crippen LogP contribution in [0.2, 0.25) is 0 Å². The molecule has 0 aliphatic rings. The molecule has 0 saturated heterocycles. The number of aryl methyl sites for hydroxylation is 1. The second-order valence-electron chi connectivity index (χ2n) is 6.42. The maximum Gasteiger partial charge on any atom is 0.416 e. The Morgan fingerprint density at radius 1 is 1.14 bits per heavy atom. The third kappa shape index (κ3) is 4.22. The fourth-order valence-electron chi connectivity index (χ4n) is 2.71. The zero-order valence-electron chi connectivity index (χ0n) is 15.2. The van der Waals surface area contributed by atoms with Gasteiger partial charge >= 0.3 is 6.18 Å². The van der Waals surface area contributed by atoms with Crippen molar-refractivity contribution in [1.29, 1.82) is 0 Å². The van der Waals surface area contributed by atoms with Crippen LogP contribution in [0.1, 0.15) is 29.9 Å². The van der Waals surface area contributed by atoms with E-state index in [1.54, 1.807) is 19.9 Å². The highest BCUT2D eigenvalue weighted by molar-refractivity contribution is 7.90. The monoisotopic (exact) mass is 410 g/mol. The van der Waals surface area contributed by atoms with E-state index in [1.807, 2.05) is 0 Å². The molecule has 6 nitrogen and oxygen atoms in total. The van der Waals surface area contributed by atoms with Gasteiger partial charge in [0.2, 0.25) is 0 Å². The summed E-state index contributed by atoms with van der Waals surface area (Å²) in [6.45, 7) is 3.35. The summed E-state index contributed by atoms with van der Waals surface area (Å²) < 4.78 is 62.5. The van der Waals surface area contributed by atoms with Crippen molar-refractivity contribution in [3.05, 3.63) is 53.5 Å². The minimum atomic E-state index is -4.44. The topological polar surface area (TPSA) is 84.8 Å². The summed E-state index contributed by atoms with van der Waals surface area (Å²) in [5.74, 6) is 0.736. The highest BCUT2D eigenvalue weighted by Gasteiger charge is 2.30. The van der Waals surface area contributed by atoms with Crippen LogP contribution in [0.3, 0.4) is 0 Å². The fourth-order valence-corrected chi connectivity index (χ4v) is 3.29. The number of rotatable bonds is 4. The number of nitrogens with zero attached hydrogens (tertiary/aromatic N) is 3. The van der Waals surface area contributed by atoms with E-state index in [0.29, 0.717) is 28.1 Å². The van der Waals surface area contributed by atoms with Gasteiger partial charge in [-0.1, -0.05) is 12.1 Å². The molecule has 1 atom stereocenters. The number of halogens is 3. The van der Waals surface area contributed by atoms with Crippen molar-refractivity contribution in [3.63, 3.8) is 0 Å². The number of sulfone groups is 1. The Balaban J connectivity index is 2.04. The first-order valence-corrected chi connectivity index (χ1v) is 10.1. The minimum absolute atomic E-state index is 0.137. The van der Waals surface area contributed by atoms with E-state index in [1.165, 1.54) is 18.3 Å². The summed E-state index contributed by atoms with van der Waals surface area (Å²) >= 11 is 0. The standard InChI is InChI=1S/C18H17F3N4O2S/c1-10(12-5-4-6-13(7-12)18(19,20)21)23-17-14-8-16(28(3,26)27)22-9-15(14)24-11(2)25-17/h4-10H,1-3H3,(H,23,24,25)/t10-/m1/s1. The van der Waals surface area contributed by atoms with E-state index in [2.05, 4.69) is 20.3 Å². The number of hydrogen-bond donors (Lipinski definition) is 1. The molecule has 0 aliphatic carbocycles. The van der Waals surface area contributed by atoms with Crippen LogP contribution in [0.5, 0.6) is 0 Å². The van der Waals surface area contributed by atoms with Crippen molar-refractivity contribution in [1.82, 2.24) is 15.0 Å². The molecule has 148 valence electrons. The molecule has 0 spiro atoms. The molecular weight excluding hydrogens is 393 g/mol. The van der Waals surface area contributed by atoms with Crippen LogP contribution in [-0.2, 0) is 16.0 Å². The van der Waals surface area contributed by atoms with Gasteiger partial charge < -0.3 is 5.32 Å². The lowest BCUT2D eigenvalue weighted by molar-refractivity contribution is -0.137. The molecular formula is C18H17F3N4O2S. The van der Waals surface area contributed by atoms with Gasteiger partial charge in [-0.3, -0.25) is 0 Å². The van der Waals surface area contributed by atoms with Crippen LogP contribution in [-0.4, -0.2) is 29.6 Å². The van der Waals surface area contributed by atoms with Gasteiger partial charge in [0.15, 0.2) is 14.9 Å².